The van der Waals surface area contributed by atoms with E-state index in [4.69, 9.17) is 9.72 Å². The molecule has 1 aliphatic heterocycles. The van der Waals surface area contributed by atoms with Gasteiger partial charge in [-0.2, -0.15) is 0 Å². The molecule has 8 heteroatoms. The molecule has 5 rings (SSSR count). The van der Waals surface area contributed by atoms with Crippen LogP contribution in [0.3, 0.4) is 0 Å². The summed E-state index contributed by atoms with van der Waals surface area (Å²) in [5, 5.41) is 15.8. The number of carbonyl (C=O) groups excluding carboxylic acids is 1. The molecule has 0 saturated heterocycles. The van der Waals surface area contributed by atoms with Crippen LogP contribution in [0, 0.1) is 12.8 Å². The molecule has 0 fully saturated rings. The highest BCUT2D eigenvalue weighted by atomic mass is 32.1. The average molecular weight is 664 g/mol. The summed E-state index contributed by atoms with van der Waals surface area (Å²) in [6.45, 7) is 7.37. The van der Waals surface area contributed by atoms with Crippen LogP contribution in [0.25, 0.3) is 11.3 Å². The van der Waals surface area contributed by atoms with Crippen molar-refractivity contribution in [3.05, 3.63) is 118 Å². The summed E-state index contributed by atoms with van der Waals surface area (Å²) in [6, 6.07) is 24.4. The Hall–Kier alpha value is -4.56. The van der Waals surface area contributed by atoms with Gasteiger partial charge in [-0.05, 0) is 72.2 Å². The van der Waals surface area contributed by atoms with Gasteiger partial charge in [-0.1, -0.05) is 87.4 Å². The fourth-order valence-corrected chi connectivity index (χ4v) is 7.29. The lowest BCUT2D eigenvalue weighted by Crippen LogP contribution is -2.43. The first-order chi connectivity index (χ1) is 23.3. The summed E-state index contributed by atoms with van der Waals surface area (Å²) >= 11 is 1.47. The largest absolute Gasteiger partial charge is 0.489 e. The van der Waals surface area contributed by atoms with Crippen molar-refractivity contribution >= 4 is 29.4 Å². The quantitative estimate of drug-likeness (QED) is 0.118. The Bertz CT molecular complexity index is 1710. The zero-order valence-corrected chi connectivity index (χ0v) is 28.8. The normalized spacial score (nSPS) is 15.9. The monoisotopic (exact) mass is 663 g/mol. The Morgan fingerprint density at radius 2 is 1.73 bits per heavy atom. The number of ether oxygens (including phenoxy) is 1. The molecule has 0 bridgehead atoms. The van der Waals surface area contributed by atoms with Crippen molar-refractivity contribution in [1.82, 2.24) is 10.3 Å². The summed E-state index contributed by atoms with van der Waals surface area (Å²) in [6.07, 6.45) is 10.1. The Morgan fingerprint density at radius 3 is 2.38 bits per heavy atom. The third-order valence-electron chi connectivity index (χ3n) is 9.00. The van der Waals surface area contributed by atoms with Crippen LogP contribution in [0.5, 0.6) is 5.75 Å². The minimum atomic E-state index is -1.09. The van der Waals surface area contributed by atoms with Gasteiger partial charge in [-0.15, -0.1) is 11.3 Å². The molecule has 3 aromatic carbocycles. The van der Waals surface area contributed by atoms with Crippen LogP contribution in [-0.2, 0) is 29.2 Å². The van der Waals surface area contributed by atoms with Crippen molar-refractivity contribution in [2.24, 2.45) is 10.9 Å². The number of aryl methyl sites for hydroxylation is 1. The predicted molar refractivity (Wildman–Crippen MR) is 194 cm³/mol. The standard InChI is InChI=1S/C40H45N3O4S/c1-4-10-31(11-5-2)32-16-14-30(15-17-32)26-47-33-18-19-34(28(3)22-33)36-27-48-38(43-36)24-40(20-9-21-42-40)35(39(45)46)23-37(44)41-25-29-12-7-6-8-13-29/h6-9,12-22,27,31,35H,4-5,10-11,23-26H2,1-3H3,(H,41,44)(H,45,46). The zero-order valence-electron chi connectivity index (χ0n) is 28.0. The van der Waals surface area contributed by atoms with Gasteiger partial charge in [0.25, 0.3) is 0 Å². The van der Waals surface area contributed by atoms with E-state index < -0.39 is 17.4 Å². The first-order valence-corrected chi connectivity index (χ1v) is 17.7. The first-order valence-electron chi connectivity index (χ1n) is 16.8. The Kier molecular flexibility index (Phi) is 12.0. The number of carboxylic acids is 1. The molecule has 1 amide bonds. The Morgan fingerprint density at radius 1 is 0.979 bits per heavy atom. The number of aromatic nitrogens is 1. The molecule has 250 valence electrons. The Labute approximate surface area is 287 Å². The lowest BCUT2D eigenvalue weighted by atomic mass is 9.79. The smallest absolute Gasteiger partial charge is 0.309 e. The number of allylic oxidation sites excluding steroid dienone is 1. The van der Waals surface area contributed by atoms with Gasteiger partial charge >= 0.3 is 5.97 Å². The van der Waals surface area contributed by atoms with E-state index in [1.54, 1.807) is 18.4 Å². The lowest BCUT2D eigenvalue weighted by Gasteiger charge is -2.30. The first kappa shape index (κ1) is 34.8. The number of aliphatic carboxylic acids is 1. The number of rotatable bonds is 17. The number of carbonyl (C=O) groups is 2. The average Bonchev–Trinajstić information content (AvgIpc) is 3.76. The lowest BCUT2D eigenvalue weighted by molar-refractivity contribution is -0.146. The maximum absolute atomic E-state index is 12.9. The number of thiazole rings is 1. The third kappa shape index (κ3) is 8.86. The van der Waals surface area contributed by atoms with E-state index in [0.717, 1.165) is 38.7 Å². The van der Waals surface area contributed by atoms with E-state index in [1.165, 1.54) is 42.6 Å². The van der Waals surface area contributed by atoms with Crippen LogP contribution in [0.15, 0.2) is 95.3 Å². The minimum absolute atomic E-state index is 0.189. The number of benzene rings is 3. The number of aliphatic imine (C=N–C) groups is 1. The van der Waals surface area contributed by atoms with Gasteiger partial charge in [0.15, 0.2) is 0 Å². The van der Waals surface area contributed by atoms with Gasteiger partial charge in [0.1, 0.15) is 12.4 Å². The van der Waals surface area contributed by atoms with Gasteiger partial charge in [-0.25, -0.2) is 4.98 Å². The van der Waals surface area contributed by atoms with Crippen LogP contribution in [-0.4, -0.2) is 33.7 Å². The minimum Gasteiger partial charge on any atom is -0.489 e. The molecular weight excluding hydrogens is 619 g/mol. The number of nitrogens with one attached hydrogen (secondary N) is 1. The summed E-state index contributed by atoms with van der Waals surface area (Å²) in [7, 11) is 0. The van der Waals surface area contributed by atoms with Gasteiger partial charge in [-0.3, -0.25) is 14.6 Å². The highest BCUT2D eigenvalue weighted by molar-refractivity contribution is 7.10. The number of nitrogens with zero attached hydrogens (tertiary/aromatic N) is 2. The summed E-state index contributed by atoms with van der Waals surface area (Å²) in [4.78, 5) is 34.9. The molecule has 48 heavy (non-hydrogen) atoms. The summed E-state index contributed by atoms with van der Waals surface area (Å²) in [5.41, 5.74) is 5.25. The van der Waals surface area contributed by atoms with E-state index in [0.29, 0.717) is 19.1 Å². The maximum Gasteiger partial charge on any atom is 0.309 e. The van der Waals surface area contributed by atoms with Crippen LogP contribution in [0.2, 0.25) is 0 Å². The zero-order chi connectivity index (χ0) is 33.9. The van der Waals surface area contributed by atoms with Gasteiger partial charge in [0.2, 0.25) is 5.91 Å². The molecule has 7 nitrogen and oxygen atoms in total. The van der Waals surface area contributed by atoms with E-state index >= 15 is 0 Å². The van der Waals surface area contributed by atoms with Crippen LogP contribution >= 0.6 is 11.3 Å². The van der Waals surface area contributed by atoms with Crippen LogP contribution in [0.1, 0.15) is 79.1 Å². The SMILES string of the molecule is CCCC(CCC)c1ccc(COc2ccc(-c3csc(CC4(C(CC(=O)NCc5ccccc5)C(=O)O)C=CC=N4)n3)c(C)c2)cc1. The van der Waals surface area contributed by atoms with Crippen molar-refractivity contribution in [3.8, 4) is 17.0 Å². The van der Waals surface area contributed by atoms with Crippen LogP contribution < -0.4 is 10.1 Å². The molecule has 0 saturated carbocycles. The van der Waals surface area contributed by atoms with Gasteiger partial charge < -0.3 is 15.2 Å². The molecule has 2 heterocycles. The summed E-state index contributed by atoms with van der Waals surface area (Å²) < 4.78 is 6.16. The van der Waals surface area contributed by atoms with Gasteiger partial charge in [0.05, 0.1) is 22.2 Å². The number of amides is 1. The topological polar surface area (TPSA) is 101 Å². The second-order valence-corrected chi connectivity index (χ2v) is 13.5. The van der Waals surface area contributed by atoms with E-state index in [1.807, 2.05) is 60.8 Å². The highest BCUT2D eigenvalue weighted by Gasteiger charge is 2.44. The fourth-order valence-electron chi connectivity index (χ4n) is 6.40. The van der Waals surface area contributed by atoms with Crippen molar-refractivity contribution < 1.29 is 19.4 Å². The van der Waals surface area contributed by atoms with E-state index in [-0.39, 0.29) is 18.7 Å². The predicted octanol–water partition coefficient (Wildman–Crippen LogP) is 8.71. The van der Waals surface area contributed by atoms with Crippen molar-refractivity contribution in [2.75, 3.05) is 0 Å². The number of hydrogen-bond acceptors (Lipinski definition) is 6. The molecule has 2 atom stereocenters. The second-order valence-electron chi connectivity index (χ2n) is 12.6. The second kappa shape index (κ2) is 16.5. The molecule has 1 aliphatic rings. The molecule has 0 radical (unpaired) electrons. The molecule has 4 aromatic rings. The molecular formula is C40H45N3O4S. The molecule has 2 unspecified atom stereocenters. The van der Waals surface area contributed by atoms with Crippen LogP contribution in [0.4, 0.5) is 0 Å². The number of carboxylic acid groups (broad SMARTS) is 1. The van der Waals surface area contributed by atoms with Crippen molar-refractivity contribution in [2.45, 2.75) is 83.9 Å². The highest BCUT2D eigenvalue weighted by Crippen LogP contribution is 2.36. The van der Waals surface area contributed by atoms with E-state index in [2.05, 4.69) is 48.4 Å². The number of hydrogen-bond donors (Lipinski definition) is 2. The molecule has 0 aliphatic carbocycles. The third-order valence-corrected chi connectivity index (χ3v) is 9.85. The summed E-state index contributed by atoms with van der Waals surface area (Å²) in [5.74, 6) is -1.02. The molecule has 0 spiro atoms. The molecule has 2 N–H and O–H groups in total. The van der Waals surface area contributed by atoms with Crippen molar-refractivity contribution in [3.63, 3.8) is 0 Å². The maximum atomic E-state index is 12.9. The fraction of sp³-hybridized carbons (Fsp3) is 0.350. The van der Waals surface area contributed by atoms with Crippen molar-refractivity contribution in [1.29, 1.82) is 0 Å². The van der Waals surface area contributed by atoms with E-state index in [9.17, 15) is 14.7 Å². The van der Waals surface area contributed by atoms with Gasteiger partial charge in [0, 0.05) is 36.5 Å². The molecule has 1 aromatic heterocycles. The Balaban J connectivity index is 1.22.